The third-order valence-corrected chi connectivity index (χ3v) is 3.85. The molecule has 1 amide bonds. The monoisotopic (exact) mass is 342 g/mol. The predicted octanol–water partition coefficient (Wildman–Crippen LogP) is 2.47. The third-order valence-electron chi connectivity index (χ3n) is 2.76. The highest BCUT2D eigenvalue weighted by molar-refractivity contribution is 7.12. The maximum atomic E-state index is 11.4. The van der Waals surface area contributed by atoms with E-state index in [9.17, 15) is 9.59 Å². The number of hydrogen-bond acceptors (Lipinski definition) is 6. The summed E-state index contributed by atoms with van der Waals surface area (Å²) >= 11 is 1.60. The zero-order chi connectivity index (χ0) is 17.3. The molecule has 0 aliphatic heterocycles. The molecule has 1 aromatic rings. The second-order valence-electron chi connectivity index (χ2n) is 6.08. The Morgan fingerprint density at radius 3 is 2.52 bits per heavy atom. The third kappa shape index (κ3) is 9.20. The summed E-state index contributed by atoms with van der Waals surface area (Å²) in [6.07, 6.45) is 0.754. The lowest BCUT2D eigenvalue weighted by atomic mass is 10.2. The SMILES string of the molecule is COC(=O)Cc1ccc(CNCCCNC(=O)OC(C)(C)C)s1. The summed E-state index contributed by atoms with van der Waals surface area (Å²) in [5, 5.41) is 6.03. The van der Waals surface area contributed by atoms with E-state index in [4.69, 9.17) is 4.74 Å². The van der Waals surface area contributed by atoms with Gasteiger partial charge < -0.3 is 20.1 Å². The second-order valence-corrected chi connectivity index (χ2v) is 7.33. The van der Waals surface area contributed by atoms with Gasteiger partial charge >= 0.3 is 12.1 Å². The van der Waals surface area contributed by atoms with Gasteiger partial charge in [-0.15, -0.1) is 11.3 Å². The second kappa shape index (κ2) is 9.52. The number of thiophene rings is 1. The van der Waals surface area contributed by atoms with E-state index in [0.29, 0.717) is 13.0 Å². The Bertz CT molecular complexity index is 508. The first-order valence-corrected chi connectivity index (χ1v) is 8.44. The van der Waals surface area contributed by atoms with Crippen molar-refractivity contribution in [2.24, 2.45) is 0 Å². The van der Waals surface area contributed by atoms with Crippen LogP contribution < -0.4 is 10.6 Å². The first-order valence-electron chi connectivity index (χ1n) is 7.62. The van der Waals surface area contributed by atoms with Gasteiger partial charge in [0.1, 0.15) is 5.60 Å². The van der Waals surface area contributed by atoms with Crippen molar-refractivity contribution < 1.29 is 19.1 Å². The molecule has 0 aliphatic rings. The van der Waals surface area contributed by atoms with E-state index in [1.807, 2.05) is 32.9 Å². The Hall–Kier alpha value is -1.60. The minimum Gasteiger partial charge on any atom is -0.469 e. The lowest BCUT2D eigenvalue weighted by Crippen LogP contribution is -2.33. The molecule has 0 aliphatic carbocycles. The molecule has 0 saturated carbocycles. The summed E-state index contributed by atoms with van der Waals surface area (Å²) in [7, 11) is 1.39. The van der Waals surface area contributed by atoms with Crippen molar-refractivity contribution >= 4 is 23.4 Å². The van der Waals surface area contributed by atoms with Crippen LogP contribution in [0, 0.1) is 0 Å². The molecular weight excluding hydrogens is 316 g/mol. The van der Waals surface area contributed by atoms with Gasteiger partial charge in [0, 0.05) is 22.8 Å². The number of nitrogens with one attached hydrogen (secondary N) is 2. The number of rotatable bonds is 8. The molecule has 0 bridgehead atoms. The molecule has 1 aromatic heterocycles. The van der Waals surface area contributed by atoms with Gasteiger partial charge in [0.05, 0.1) is 13.5 Å². The number of carbonyl (C=O) groups excluding carboxylic acids is 2. The Morgan fingerprint density at radius 1 is 1.17 bits per heavy atom. The Morgan fingerprint density at radius 2 is 1.87 bits per heavy atom. The van der Waals surface area contributed by atoms with Crippen LogP contribution in [0.1, 0.15) is 36.9 Å². The molecule has 0 spiro atoms. The summed E-state index contributed by atoms with van der Waals surface area (Å²) in [6.45, 7) is 7.62. The van der Waals surface area contributed by atoms with Gasteiger partial charge in [-0.3, -0.25) is 4.79 Å². The topological polar surface area (TPSA) is 76.7 Å². The lowest BCUT2D eigenvalue weighted by molar-refractivity contribution is -0.139. The minimum atomic E-state index is -0.469. The summed E-state index contributed by atoms with van der Waals surface area (Å²) in [5.74, 6) is -0.223. The van der Waals surface area contributed by atoms with Gasteiger partial charge in [0.2, 0.25) is 0 Å². The van der Waals surface area contributed by atoms with E-state index in [-0.39, 0.29) is 12.1 Å². The standard InChI is InChI=1S/C16H26N2O4S/c1-16(2,3)22-15(20)18-9-5-8-17-11-13-7-6-12(23-13)10-14(19)21-4/h6-7,17H,5,8-11H2,1-4H3,(H,18,20). The number of esters is 1. The van der Waals surface area contributed by atoms with Crippen molar-refractivity contribution in [1.82, 2.24) is 10.6 Å². The van der Waals surface area contributed by atoms with E-state index >= 15 is 0 Å². The van der Waals surface area contributed by atoms with Gasteiger partial charge in [-0.2, -0.15) is 0 Å². The van der Waals surface area contributed by atoms with Crippen molar-refractivity contribution in [3.05, 3.63) is 21.9 Å². The minimum absolute atomic E-state index is 0.223. The molecule has 0 fully saturated rings. The Balaban J connectivity index is 2.11. The van der Waals surface area contributed by atoms with Crippen LogP contribution in [0.5, 0.6) is 0 Å². The van der Waals surface area contributed by atoms with Crippen LogP contribution >= 0.6 is 11.3 Å². The molecule has 6 nitrogen and oxygen atoms in total. The first-order chi connectivity index (χ1) is 10.8. The molecule has 1 heterocycles. The zero-order valence-corrected chi connectivity index (χ0v) is 15.0. The maximum Gasteiger partial charge on any atom is 0.407 e. The lowest BCUT2D eigenvalue weighted by Gasteiger charge is -2.19. The Labute approximate surface area is 141 Å². The highest BCUT2D eigenvalue weighted by atomic mass is 32.1. The number of hydrogen-bond donors (Lipinski definition) is 2. The van der Waals surface area contributed by atoms with Crippen LogP contribution in [0.4, 0.5) is 4.79 Å². The van der Waals surface area contributed by atoms with Crippen molar-refractivity contribution in [3.8, 4) is 0 Å². The van der Waals surface area contributed by atoms with Gasteiger partial charge in [-0.05, 0) is 45.9 Å². The normalized spacial score (nSPS) is 11.1. The summed E-state index contributed by atoms with van der Waals surface area (Å²) in [5.41, 5.74) is -0.469. The van der Waals surface area contributed by atoms with E-state index in [1.54, 1.807) is 11.3 Å². The van der Waals surface area contributed by atoms with E-state index in [2.05, 4.69) is 15.4 Å². The average Bonchev–Trinajstić information content (AvgIpc) is 2.88. The van der Waals surface area contributed by atoms with Gasteiger partial charge in [-0.1, -0.05) is 0 Å². The highest BCUT2D eigenvalue weighted by Gasteiger charge is 2.15. The van der Waals surface area contributed by atoms with Gasteiger partial charge in [0.15, 0.2) is 0 Å². The van der Waals surface area contributed by atoms with Crippen LogP contribution in [-0.2, 0) is 27.2 Å². The summed E-state index contributed by atoms with van der Waals surface area (Å²) in [6, 6.07) is 3.96. The fraction of sp³-hybridized carbons (Fsp3) is 0.625. The Kier molecular flexibility index (Phi) is 8.05. The van der Waals surface area contributed by atoms with Crippen molar-refractivity contribution in [1.29, 1.82) is 0 Å². The summed E-state index contributed by atoms with van der Waals surface area (Å²) in [4.78, 5) is 24.8. The molecule has 0 unspecified atom stereocenters. The molecule has 2 N–H and O–H groups in total. The molecule has 130 valence electrons. The van der Waals surface area contributed by atoms with Gasteiger partial charge in [-0.25, -0.2) is 4.79 Å². The predicted molar refractivity (Wildman–Crippen MR) is 90.6 cm³/mol. The summed E-state index contributed by atoms with van der Waals surface area (Å²) < 4.78 is 9.80. The molecule has 0 radical (unpaired) electrons. The molecule has 0 saturated heterocycles. The maximum absolute atomic E-state index is 11.4. The molecule has 23 heavy (non-hydrogen) atoms. The number of carbonyl (C=O) groups is 2. The van der Waals surface area contributed by atoms with Crippen LogP contribution in [0.25, 0.3) is 0 Å². The van der Waals surface area contributed by atoms with Gasteiger partial charge in [0.25, 0.3) is 0 Å². The van der Waals surface area contributed by atoms with Crippen LogP contribution in [0.15, 0.2) is 12.1 Å². The van der Waals surface area contributed by atoms with Crippen molar-refractivity contribution in [3.63, 3.8) is 0 Å². The number of alkyl carbamates (subject to hydrolysis) is 1. The highest BCUT2D eigenvalue weighted by Crippen LogP contribution is 2.17. The quantitative estimate of drug-likeness (QED) is 0.561. The molecular formula is C16H26N2O4S. The molecule has 0 atom stereocenters. The smallest absolute Gasteiger partial charge is 0.407 e. The number of methoxy groups -OCH3 is 1. The van der Waals surface area contributed by atoms with E-state index in [1.165, 1.54) is 12.0 Å². The van der Waals surface area contributed by atoms with E-state index in [0.717, 1.165) is 24.4 Å². The van der Waals surface area contributed by atoms with Crippen LogP contribution in [0.3, 0.4) is 0 Å². The largest absolute Gasteiger partial charge is 0.469 e. The van der Waals surface area contributed by atoms with Crippen molar-refractivity contribution in [2.45, 2.75) is 45.8 Å². The number of ether oxygens (including phenoxy) is 2. The fourth-order valence-corrected chi connectivity index (χ4v) is 2.73. The first kappa shape index (κ1) is 19.4. The van der Waals surface area contributed by atoms with Crippen molar-refractivity contribution in [2.75, 3.05) is 20.2 Å². The number of amides is 1. The zero-order valence-electron chi connectivity index (χ0n) is 14.2. The molecule has 1 rings (SSSR count). The molecule has 0 aromatic carbocycles. The molecule has 7 heteroatoms. The van der Waals surface area contributed by atoms with E-state index < -0.39 is 5.60 Å². The van der Waals surface area contributed by atoms with Crippen LogP contribution in [-0.4, -0.2) is 37.9 Å². The van der Waals surface area contributed by atoms with Crippen LogP contribution in [0.2, 0.25) is 0 Å². The fourth-order valence-electron chi connectivity index (χ4n) is 1.76. The average molecular weight is 342 g/mol.